The van der Waals surface area contributed by atoms with E-state index in [4.69, 9.17) is 5.11 Å². The molecular formula is C6H11NO4S. The third-order valence-electron chi connectivity index (χ3n) is 1.09. The van der Waals surface area contributed by atoms with Gasteiger partial charge in [-0.15, -0.1) is 0 Å². The van der Waals surface area contributed by atoms with E-state index < -0.39 is 16.0 Å². The number of aliphatic carboxylic acids is 1. The Kier molecular flexibility index (Phi) is 4.53. The molecule has 0 aliphatic rings. The fourth-order valence-electron chi connectivity index (χ4n) is 0.513. The van der Waals surface area contributed by atoms with Crippen molar-refractivity contribution >= 4 is 16.0 Å². The van der Waals surface area contributed by atoms with E-state index in [0.717, 1.165) is 5.41 Å². The zero-order valence-corrected chi connectivity index (χ0v) is 7.30. The van der Waals surface area contributed by atoms with Crippen LogP contribution in [-0.4, -0.2) is 26.0 Å². The maximum atomic E-state index is 10.7. The SMILES string of the molecule is C=CS(=O)(=O)NCCCC(=O)O. The molecular weight excluding hydrogens is 182 g/mol. The Morgan fingerprint density at radius 1 is 1.58 bits per heavy atom. The summed E-state index contributed by atoms with van der Waals surface area (Å²) in [5.74, 6) is -0.937. The highest BCUT2D eigenvalue weighted by Gasteiger charge is 2.02. The Hall–Kier alpha value is -0.880. The minimum Gasteiger partial charge on any atom is -0.481 e. The van der Waals surface area contributed by atoms with E-state index in [1.165, 1.54) is 0 Å². The van der Waals surface area contributed by atoms with Gasteiger partial charge in [0.2, 0.25) is 10.0 Å². The predicted molar refractivity (Wildman–Crippen MR) is 44.0 cm³/mol. The molecule has 0 aromatic heterocycles. The summed E-state index contributed by atoms with van der Waals surface area (Å²) in [5.41, 5.74) is 0. The fraction of sp³-hybridized carbons (Fsp3) is 0.500. The third kappa shape index (κ3) is 5.87. The molecule has 6 heteroatoms. The number of rotatable bonds is 6. The summed E-state index contributed by atoms with van der Waals surface area (Å²) in [6, 6.07) is 0. The van der Waals surface area contributed by atoms with E-state index in [0.29, 0.717) is 0 Å². The van der Waals surface area contributed by atoms with Crippen LogP contribution in [0.5, 0.6) is 0 Å². The standard InChI is InChI=1S/C6H11NO4S/c1-2-12(10,11)7-5-3-4-6(8)9/h2,7H,1,3-5H2,(H,8,9). The molecule has 12 heavy (non-hydrogen) atoms. The van der Waals surface area contributed by atoms with Crippen molar-refractivity contribution in [1.82, 2.24) is 4.72 Å². The molecule has 0 saturated heterocycles. The van der Waals surface area contributed by atoms with E-state index in [9.17, 15) is 13.2 Å². The molecule has 0 aliphatic carbocycles. The smallest absolute Gasteiger partial charge is 0.303 e. The first kappa shape index (κ1) is 11.1. The van der Waals surface area contributed by atoms with Crippen molar-refractivity contribution in [1.29, 1.82) is 0 Å². The molecule has 0 aromatic carbocycles. The molecule has 0 fully saturated rings. The molecule has 0 atom stereocenters. The minimum absolute atomic E-state index is 0.0420. The molecule has 0 amide bonds. The number of carboxylic acid groups (broad SMARTS) is 1. The summed E-state index contributed by atoms with van der Waals surface area (Å²) in [7, 11) is -3.40. The van der Waals surface area contributed by atoms with Gasteiger partial charge in [0.1, 0.15) is 0 Å². The molecule has 0 rings (SSSR count). The van der Waals surface area contributed by atoms with Gasteiger partial charge in [0, 0.05) is 18.4 Å². The molecule has 70 valence electrons. The number of nitrogens with one attached hydrogen (secondary N) is 1. The van der Waals surface area contributed by atoms with Crippen LogP contribution in [0.15, 0.2) is 12.0 Å². The van der Waals surface area contributed by atoms with Gasteiger partial charge in [-0.05, 0) is 6.42 Å². The molecule has 0 aromatic rings. The first-order valence-corrected chi connectivity index (χ1v) is 4.86. The summed E-state index contributed by atoms with van der Waals surface area (Å²) in [4.78, 5) is 10.00. The maximum Gasteiger partial charge on any atom is 0.303 e. The normalized spacial score (nSPS) is 11.0. The summed E-state index contributed by atoms with van der Waals surface area (Å²) in [5, 5.41) is 8.99. The highest BCUT2D eigenvalue weighted by molar-refractivity contribution is 7.92. The van der Waals surface area contributed by atoms with Crippen molar-refractivity contribution in [3.8, 4) is 0 Å². The lowest BCUT2D eigenvalue weighted by Gasteiger charge is -1.99. The van der Waals surface area contributed by atoms with Crippen LogP contribution in [0.25, 0.3) is 0 Å². The topological polar surface area (TPSA) is 83.5 Å². The molecule has 0 saturated carbocycles. The maximum absolute atomic E-state index is 10.7. The van der Waals surface area contributed by atoms with Crippen LogP contribution in [0.2, 0.25) is 0 Å². The number of sulfonamides is 1. The lowest BCUT2D eigenvalue weighted by Crippen LogP contribution is -2.22. The first-order valence-electron chi connectivity index (χ1n) is 3.32. The van der Waals surface area contributed by atoms with Crippen LogP contribution < -0.4 is 4.72 Å². The minimum atomic E-state index is -3.40. The molecule has 5 nitrogen and oxygen atoms in total. The second-order valence-electron chi connectivity index (χ2n) is 2.10. The Balaban J connectivity index is 3.58. The number of hydrogen-bond acceptors (Lipinski definition) is 3. The van der Waals surface area contributed by atoms with E-state index in [-0.39, 0.29) is 19.4 Å². The van der Waals surface area contributed by atoms with Crippen LogP contribution in [0.1, 0.15) is 12.8 Å². The molecule has 0 radical (unpaired) electrons. The van der Waals surface area contributed by atoms with Crippen LogP contribution in [-0.2, 0) is 14.8 Å². The molecule has 0 aliphatic heterocycles. The van der Waals surface area contributed by atoms with Crippen LogP contribution in [0.4, 0.5) is 0 Å². The van der Waals surface area contributed by atoms with Crippen LogP contribution in [0.3, 0.4) is 0 Å². The lowest BCUT2D eigenvalue weighted by atomic mass is 10.3. The van der Waals surface area contributed by atoms with Crippen molar-refractivity contribution in [3.05, 3.63) is 12.0 Å². The van der Waals surface area contributed by atoms with E-state index >= 15 is 0 Å². The zero-order valence-electron chi connectivity index (χ0n) is 6.49. The average Bonchev–Trinajstić information content (AvgIpc) is 1.98. The van der Waals surface area contributed by atoms with E-state index in [2.05, 4.69) is 11.3 Å². The Bertz CT molecular complexity index is 257. The zero-order chi connectivity index (χ0) is 9.61. The highest BCUT2D eigenvalue weighted by atomic mass is 32.2. The van der Waals surface area contributed by atoms with Gasteiger partial charge in [0.05, 0.1) is 0 Å². The van der Waals surface area contributed by atoms with Crippen molar-refractivity contribution < 1.29 is 18.3 Å². The average molecular weight is 193 g/mol. The van der Waals surface area contributed by atoms with Gasteiger partial charge in [-0.25, -0.2) is 13.1 Å². The summed E-state index contributed by atoms with van der Waals surface area (Å²) in [6.07, 6.45) is 0.238. The van der Waals surface area contributed by atoms with Gasteiger partial charge in [0.15, 0.2) is 0 Å². The summed E-state index contributed by atoms with van der Waals surface area (Å²) >= 11 is 0. The fourth-order valence-corrected chi connectivity index (χ4v) is 1.06. The number of carboxylic acids is 1. The van der Waals surface area contributed by atoms with Gasteiger partial charge >= 0.3 is 5.97 Å². The van der Waals surface area contributed by atoms with Gasteiger partial charge in [-0.1, -0.05) is 6.58 Å². The quantitative estimate of drug-likeness (QED) is 0.578. The van der Waals surface area contributed by atoms with Gasteiger partial charge < -0.3 is 5.11 Å². The van der Waals surface area contributed by atoms with Crippen molar-refractivity contribution in [2.45, 2.75) is 12.8 Å². The lowest BCUT2D eigenvalue weighted by molar-refractivity contribution is -0.137. The van der Waals surface area contributed by atoms with Crippen LogP contribution >= 0.6 is 0 Å². The molecule has 2 N–H and O–H groups in total. The molecule has 0 bridgehead atoms. The van der Waals surface area contributed by atoms with E-state index in [1.807, 2.05) is 0 Å². The second-order valence-corrected chi connectivity index (χ2v) is 3.82. The van der Waals surface area contributed by atoms with Gasteiger partial charge in [-0.3, -0.25) is 4.79 Å². The van der Waals surface area contributed by atoms with Crippen molar-refractivity contribution in [3.63, 3.8) is 0 Å². The second kappa shape index (κ2) is 4.89. The Morgan fingerprint density at radius 3 is 2.58 bits per heavy atom. The van der Waals surface area contributed by atoms with Gasteiger partial charge in [-0.2, -0.15) is 0 Å². The van der Waals surface area contributed by atoms with Crippen molar-refractivity contribution in [2.75, 3.05) is 6.54 Å². The molecule has 0 heterocycles. The predicted octanol–water partition coefficient (Wildman–Crippen LogP) is -0.0859. The van der Waals surface area contributed by atoms with E-state index in [1.54, 1.807) is 0 Å². The highest BCUT2D eigenvalue weighted by Crippen LogP contribution is 1.89. The Labute approximate surface area is 71.1 Å². The summed E-state index contributed by atoms with van der Waals surface area (Å²) in [6.45, 7) is 3.21. The first-order chi connectivity index (χ1) is 5.48. The largest absolute Gasteiger partial charge is 0.481 e. The number of hydrogen-bond donors (Lipinski definition) is 2. The van der Waals surface area contributed by atoms with Gasteiger partial charge in [0.25, 0.3) is 0 Å². The molecule has 0 spiro atoms. The van der Waals surface area contributed by atoms with Crippen molar-refractivity contribution in [2.24, 2.45) is 0 Å². The molecule has 0 unspecified atom stereocenters. The third-order valence-corrected chi connectivity index (χ3v) is 2.14. The van der Waals surface area contributed by atoms with Crippen LogP contribution in [0, 0.1) is 0 Å². The Morgan fingerprint density at radius 2 is 2.17 bits per heavy atom. The number of carbonyl (C=O) groups is 1. The monoisotopic (exact) mass is 193 g/mol. The summed E-state index contributed by atoms with van der Waals surface area (Å²) < 4.78 is 23.5.